The number of halogens is 2. The maximum Gasteiger partial charge on any atom is 1.00 e. The summed E-state index contributed by atoms with van der Waals surface area (Å²) in [5, 5.41) is 2.31. The molecule has 2 aromatic rings. The van der Waals surface area contributed by atoms with Crippen molar-refractivity contribution in [3.05, 3.63) is 59.9 Å². The van der Waals surface area contributed by atoms with Gasteiger partial charge in [-0.3, -0.25) is 4.98 Å². The Labute approximate surface area is 166 Å². The molecule has 9 heteroatoms. The molecule has 0 saturated carbocycles. The molecule has 0 radical (unpaired) electrons. The fraction of sp³-hybridized carbons (Fsp3) is 0.267. The summed E-state index contributed by atoms with van der Waals surface area (Å²) < 4.78 is 34.0. The van der Waals surface area contributed by atoms with Crippen molar-refractivity contribution < 1.29 is 51.3 Å². The van der Waals surface area contributed by atoms with Gasteiger partial charge in [-0.15, -0.1) is 10.2 Å². The Bertz CT molecular complexity index is 478. The van der Waals surface area contributed by atoms with Gasteiger partial charge in [0.2, 0.25) is 0 Å². The minimum absolute atomic E-state index is 0. The van der Waals surface area contributed by atoms with Gasteiger partial charge < -0.3 is 0 Å². The molecule has 0 aliphatic heterocycles. The number of pyridine rings is 1. The molecule has 5 nitrogen and oxygen atoms in total. The normalized spacial score (nSPS) is 9.83. The van der Waals surface area contributed by atoms with Crippen LogP contribution in [0.5, 0.6) is 0 Å². The van der Waals surface area contributed by atoms with Gasteiger partial charge in [-0.2, -0.15) is 0 Å². The van der Waals surface area contributed by atoms with E-state index in [4.69, 9.17) is 30.2 Å². The van der Waals surface area contributed by atoms with E-state index in [2.05, 4.69) is 31.0 Å². The molecule has 2 rings (SSSR count). The monoisotopic (exact) mass is 575 g/mol. The molecule has 0 amide bonds. The van der Waals surface area contributed by atoms with Crippen LogP contribution in [0.25, 0.3) is 0 Å². The molecular weight excluding hydrogens is 557 g/mol. The van der Waals surface area contributed by atoms with Gasteiger partial charge in [0.15, 0.2) is 0 Å². The van der Waals surface area contributed by atoms with E-state index in [1.54, 1.807) is 12.4 Å². The van der Waals surface area contributed by atoms with E-state index in [0.717, 1.165) is 5.02 Å². The largest absolute Gasteiger partial charge is 1.00 e. The third-order valence-corrected chi connectivity index (χ3v) is 5.33. The molecule has 0 unspecified atom stereocenters. The Balaban J connectivity index is 0. The van der Waals surface area contributed by atoms with E-state index in [-0.39, 0.29) is 30.3 Å². The second-order valence-electron chi connectivity index (χ2n) is 4.05. The van der Waals surface area contributed by atoms with Gasteiger partial charge in [0.1, 0.15) is 0 Å². The third kappa shape index (κ3) is 16.8. The summed E-state index contributed by atoms with van der Waals surface area (Å²) in [6.45, 7) is 4.51. The van der Waals surface area contributed by atoms with E-state index in [9.17, 15) is 0 Å². The summed E-state index contributed by atoms with van der Waals surface area (Å²) in [6.07, 6.45) is 6.04. The van der Waals surface area contributed by atoms with Crippen molar-refractivity contribution in [2.45, 2.75) is 13.8 Å². The molecule has 0 bridgehead atoms. The number of nitrogens with zero attached hydrogens (tertiary/aromatic N) is 1. The van der Waals surface area contributed by atoms with Crippen molar-refractivity contribution in [2.75, 3.05) is 12.3 Å². The topological polar surface area (TPSA) is 105 Å². The molecule has 0 aliphatic carbocycles. The molecule has 0 spiro atoms. The molecule has 1 aromatic carbocycles. The van der Waals surface area contributed by atoms with Gasteiger partial charge in [0.05, 0.1) is 0 Å². The zero-order valence-corrected chi connectivity index (χ0v) is 17.8. The average Bonchev–Trinajstić information content (AvgIpc) is 2.51. The first kappa shape index (κ1) is 26.2. The zero-order chi connectivity index (χ0) is 17.7. The van der Waals surface area contributed by atoms with E-state index < -0.39 is 10.2 Å². The second kappa shape index (κ2) is 15.2. The first-order chi connectivity index (χ1) is 10.8. The molecule has 0 aliphatic rings. The van der Waals surface area contributed by atoms with Gasteiger partial charge >= 0.3 is 22.4 Å². The van der Waals surface area contributed by atoms with Crippen LogP contribution in [-0.2, 0) is 22.4 Å². The van der Waals surface area contributed by atoms with E-state index in [1.807, 2.05) is 30.3 Å². The molecule has 138 valence electrons. The van der Waals surface area contributed by atoms with E-state index in [0.29, 0.717) is 0 Å². The first-order valence-electron chi connectivity index (χ1n) is 6.75. The quantitative estimate of drug-likeness (QED) is 0.373. The van der Waals surface area contributed by atoms with Crippen molar-refractivity contribution in [3.8, 4) is 0 Å². The van der Waals surface area contributed by atoms with Gasteiger partial charge in [-0.1, -0.05) is 51.6 Å². The van der Waals surface area contributed by atoms with Crippen molar-refractivity contribution in [1.29, 1.82) is 0 Å². The smallest absolute Gasteiger partial charge is 0.265 e. The first-order valence-corrected chi connectivity index (χ1v) is 10.1. The Morgan fingerprint density at radius 1 is 0.917 bits per heavy atom. The molecule has 24 heavy (non-hydrogen) atoms. The summed E-state index contributed by atoms with van der Waals surface area (Å²) in [5.41, 5.74) is 0. The summed E-state index contributed by atoms with van der Waals surface area (Å²) in [4.78, 5) is 3.78. The number of benzene rings is 1. The fourth-order valence-electron chi connectivity index (χ4n) is 1.55. The standard InChI is InChI=1S/C10H14ClP.C5H5N.Au.ClHO4/c1-3-12(4-2)10-7-5-9(11)6-8-10;1-2-4-6-5-3-1;;2-1(3,4)5/h5-8H,3-4H2,1-2H3;1-5H;;(H,2,3,4,5)/q;;+1;/p-1. The maximum absolute atomic E-state index is 8.49. The van der Waals surface area contributed by atoms with Crippen LogP contribution in [-0.4, -0.2) is 17.3 Å². The predicted octanol–water partition coefficient (Wildman–Crippen LogP) is -0.190. The molecule has 1 aromatic heterocycles. The van der Waals surface area contributed by atoms with E-state index in [1.165, 1.54) is 17.6 Å². The summed E-state index contributed by atoms with van der Waals surface area (Å²) in [5.74, 6) is 0. The minimum Gasteiger partial charge on any atom is -0.265 e. The Hall–Kier alpha value is -0.0397. The van der Waals surface area contributed by atoms with Crippen LogP contribution in [0.1, 0.15) is 13.8 Å². The van der Waals surface area contributed by atoms with Gasteiger partial charge in [-0.25, -0.2) is 18.6 Å². The predicted molar refractivity (Wildman–Crippen MR) is 83.3 cm³/mol. The van der Waals surface area contributed by atoms with Crippen molar-refractivity contribution >= 4 is 24.8 Å². The van der Waals surface area contributed by atoms with Crippen LogP contribution in [0.2, 0.25) is 5.02 Å². The van der Waals surface area contributed by atoms with Crippen LogP contribution in [0.15, 0.2) is 54.9 Å². The van der Waals surface area contributed by atoms with Crippen molar-refractivity contribution in [2.24, 2.45) is 0 Å². The second-order valence-corrected chi connectivity index (χ2v) is 8.10. The van der Waals surface area contributed by atoms with Crippen LogP contribution in [0.3, 0.4) is 0 Å². The molecule has 0 fully saturated rings. The minimum atomic E-state index is -4.94. The SMILES string of the molecule is CCP(CC)c1ccc(Cl)cc1.[Au+].[O-][Cl+3]([O-])([O-])[O-].c1ccncc1. The molecule has 1 heterocycles. The van der Waals surface area contributed by atoms with Crippen LogP contribution >= 0.6 is 19.5 Å². The Morgan fingerprint density at radius 2 is 1.33 bits per heavy atom. The van der Waals surface area contributed by atoms with Gasteiger partial charge in [0.25, 0.3) is 0 Å². The summed E-state index contributed by atoms with van der Waals surface area (Å²) in [6, 6.07) is 14.0. The third-order valence-electron chi connectivity index (χ3n) is 2.52. The Kier molecular flexibility index (Phi) is 16.6. The van der Waals surface area contributed by atoms with Crippen LogP contribution < -0.4 is 23.9 Å². The fourth-order valence-corrected chi connectivity index (χ4v) is 3.43. The van der Waals surface area contributed by atoms with Crippen LogP contribution in [0.4, 0.5) is 0 Å². The molecular formula is C15H19AuCl2NO4P. The summed E-state index contributed by atoms with van der Waals surface area (Å²) >= 11 is 5.81. The van der Waals surface area contributed by atoms with E-state index >= 15 is 0 Å². The van der Waals surface area contributed by atoms with Crippen molar-refractivity contribution in [3.63, 3.8) is 0 Å². The maximum atomic E-state index is 8.49. The van der Waals surface area contributed by atoms with Crippen LogP contribution in [0, 0.1) is 10.2 Å². The number of aromatic nitrogens is 1. The number of hydrogen-bond acceptors (Lipinski definition) is 5. The number of hydrogen-bond donors (Lipinski definition) is 0. The van der Waals surface area contributed by atoms with Gasteiger partial charge in [0, 0.05) is 17.4 Å². The molecule has 0 N–H and O–H groups in total. The van der Waals surface area contributed by atoms with Crippen molar-refractivity contribution in [1.82, 2.24) is 4.98 Å². The molecule has 0 atom stereocenters. The number of rotatable bonds is 3. The average molecular weight is 576 g/mol. The zero-order valence-electron chi connectivity index (χ0n) is 13.2. The molecule has 0 saturated heterocycles. The Morgan fingerprint density at radius 3 is 1.58 bits per heavy atom. The van der Waals surface area contributed by atoms with Gasteiger partial charge in [-0.05, 0) is 41.9 Å². The summed E-state index contributed by atoms with van der Waals surface area (Å²) in [7, 11) is -4.87.